The van der Waals surface area contributed by atoms with E-state index in [-0.39, 0.29) is 4.90 Å². The fraction of sp³-hybridized carbons (Fsp3) is 0.529. The van der Waals surface area contributed by atoms with E-state index in [1.165, 1.54) is 20.8 Å². The third-order valence-electron chi connectivity index (χ3n) is 3.36. The fourth-order valence-electron chi connectivity index (χ4n) is 2.12. The van der Waals surface area contributed by atoms with Crippen molar-refractivity contribution in [1.29, 1.82) is 0 Å². The summed E-state index contributed by atoms with van der Waals surface area (Å²) in [5.74, 6) is -3.18. The molecule has 1 amide bonds. The molecule has 0 aliphatic heterocycles. The van der Waals surface area contributed by atoms with E-state index in [9.17, 15) is 37.3 Å². The minimum Gasteiger partial charge on any atom is -0.485 e. The smallest absolute Gasteiger partial charge is 0.412 e. The van der Waals surface area contributed by atoms with Crippen LogP contribution in [-0.2, 0) is 9.47 Å². The summed E-state index contributed by atoms with van der Waals surface area (Å²) in [6, 6.07) is 1.35. The number of halogens is 4. The molecule has 0 spiro atoms. The highest BCUT2D eigenvalue weighted by Crippen LogP contribution is 2.32. The SMILES string of the molecule is COC(=O)c1cc(F)c([N+](=O)[O-])c(OCCN(C(=O)OC(C)(C)C)C(F)C(F)F)c1. The monoisotopic (exact) mass is 440 g/mol. The zero-order valence-electron chi connectivity index (χ0n) is 16.5. The number of hydrogen-bond acceptors (Lipinski definition) is 7. The molecule has 0 aliphatic rings. The van der Waals surface area contributed by atoms with Crippen LogP contribution in [0.25, 0.3) is 0 Å². The maximum Gasteiger partial charge on any atom is 0.412 e. The van der Waals surface area contributed by atoms with Crippen molar-refractivity contribution in [2.45, 2.75) is 39.1 Å². The number of nitro groups is 1. The van der Waals surface area contributed by atoms with Gasteiger partial charge in [0.05, 0.1) is 24.1 Å². The van der Waals surface area contributed by atoms with Crippen molar-refractivity contribution >= 4 is 17.7 Å². The van der Waals surface area contributed by atoms with Crippen molar-refractivity contribution in [3.63, 3.8) is 0 Å². The Morgan fingerprint density at radius 2 is 1.83 bits per heavy atom. The third kappa shape index (κ3) is 6.74. The van der Waals surface area contributed by atoms with Gasteiger partial charge >= 0.3 is 17.7 Å². The molecule has 0 saturated heterocycles. The molecule has 168 valence electrons. The third-order valence-corrected chi connectivity index (χ3v) is 3.36. The van der Waals surface area contributed by atoms with E-state index >= 15 is 0 Å². The standard InChI is InChI=1S/C17H20F4N2O7/c1-17(2,3)30-16(25)22(14(21)13(19)20)5-6-29-11-8-9(15(24)28-4)7-10(18)12(11)23(26)27/h7-8,13-14H,5-6H2,1-4H3. The highest BCUT2D eigenvalue weighted by atomic mass is 19.3. The first-order valence-corrected chi connectivity index (χ1v) is 8.39. The van der Waals surface area contributed by atoms with Crippen LogP contribution in [0.3, 0.4) is 0 Å². The zero-order chi connectivity index (χ0) is 23.2. The minimum atomic E-state index is -3.56. The quantitative estimate of drug-likeness (QED) is 0.199. The summed E-state index contributed by atoms with van der Waals surface area (Å²) >= 11 is 0. The van der Waals surface area contributed by atoms with Gasteiger partial charge in [-0.15, -0.1) is 0 Å². The van der Waals surface area contributed by atoms with Gasteiger partial charge in [-0.2, -0.15) is 4.39 Å². The fourth-order valence-corrected chi connectivity index (χ4v) is 2.12. The number of benzene rings is 1. The van der Waals surface area contributed by atoms with Gasteiger partial charge in [-0.05, 0) is 26.8 Å². The average Bonchev–Trinajstić information content (AvgIpc) is 2.61. The second kappa shape index (κ2) is 10.1. The topological polar surface area (TPSA) is 108 Å². The van der Waals surface area contributed by atoms with E-state index < -0.39 is 71.3 Å². The Balaban J connectivity index is 3.09. The first-order valence-electron chi connectivity index (χ1n) is 8.39. The van der Waals surface area contributed by atoms with Gasteiger partial charge in [-0.3, -0.25) is 15.0 Å². The number of carbonyl (C=O) groups excluding carboxylic acids is 2. The number of nitro benzene ring substituents is 1. The van der Waals surface area contributed by atoms with Crippen molar-refractivity contribution in [2.75, 3.05) is 20.3 Å². The Labute approximate surface area is 168 Å². The van der Waals surface area contributed by atoms with Crippen LogP contribution in [0.2, 0.25) is 0 Å². The molecule has 0 bridgehead atoms. The van der Waals surface area contributed by atoms with Crippen LogP contribution in [-0.4, -0.2) is 60.5 Å². The number of carbonyl (C=O) groups is 2. The van der Waals surface area contributed by atoms with Crippen molar-refractivity contribution < 1.29 is 46.3 Å². The Hall–Kier alpha value is -3.12. The molecule has 0 aromatic heterocycles. The molecule has 1 rings (SSSR count). The van der Waals surface area contributed by atoms with Crippen molar-refractivity contribution in [2.24, 2.45) is 0 Å². The number of alkyl halides is 3. The van der Waals surface area contributed by atoms with Crippen molar-refractivity contribution in [3.05, 3.63) is 33.6 Å². The molecule has 0 heterocycles. The molecular weight excluding hydrogens is 420 g/mol. The van der Waals surface area contributed by atoms with E-state index in [0.29, 0.717) is 6.07 Å². The molecule has 1 aromatic rings. The lowest BCUT2D eigenvalue weighted by Gasteiger charge is -2.29. The summed E-state index contributed by atoms with van der Waals surface area (Å²) < 4.78 is 67.6. The predicted octanol–water partition coefficient (Wildman–Crippen LogP) is 3.70. The van der Waals surface area contributed by atoms with E-state index in [1.54, 1.807) is 0 Å². The van der Waals surface area contributed by atoms with E-state index in [2.05, 4.69) is 4.74 Å². The van der Waals surface area contributed by atoms with E-state index in [0.717, 1.165) is 13.2 Å². The van der Waals surface area contributed by atoms with Crippen LogP contribution in [0, 0.1) is 15.9 Å². The number of rotatable bonds is 8. The Morgan fingerprint density at radius 3 is 2.30 bits per heavy atom. The number of nitrogens with zero attached hydrogens (tertiary/aromatic N) is 2. The predicted molar refractivity (Wildman–Crippen MR) is 93.7 cm³/mol. The van der Waals surface area contributed by atoms with Crippen LogP contribution >= 0.6 is 0 Å². The lowest BCUT2D eigenvalue weighted by molar-refractivity contribution is -0.388. The Morgan fingerprint density at radius 1 is 1.23 bits per heavy atom. The minimum absolute atomic E-state index is 0.0300. The van der Waals surface area contributed by atoms with Crippen LogP contribution in [0.15, 0.2) is 12.1 Å². The molecule has 0 N–H and O–H groups in total. The highest BCUT2D eigenvalue weighted by molar-refractivity contribution is 5.90. The van der Waals surface area contributed by atoms with Gasteiger partial charge in [0.1, 0.15) is 12.2 Å². The molecule has 9 nitrogen and oxygen atoms in total. The largest absolute Gasteiger partial charge is 0.485 e. The normalized spacial score (nSPS) is 12.3. The summed E-state index contributed by atoms with van der Waals surface area (Å²) in [7, 11) is 0.993. The Bertz CT molecular complexity index is 799. The Kier molecular flexibility index (Phi) is 8.37. The van der Waals surface area contributed by atoms with Crippen LogP contribution in [0.1, 0.15) is 31.1 Å². The molecule has 13 heteroatoms. The molecular formula is C17H20F4N2O7. The van der Waals surface area contributed by atoms with Crippen LogP contribution in [0.5, 0.6) is 5.75 Å². The molecule has 0 radical (unpaired) electrons. The van der Waals surface area contributed by atoms with Gasteiger partial charge in [-0.1, -0.05) is 0 Å². The first-order chi connectivity index (χ1) is 13.8. The number of esters is 1. The van der Waals surface area contributed by atoms with Gasteiger partial charge in [0.25, 0.3) is 6.43 Å². The highest BCUT2D eigenvalue weighted by Gasteiger charge is 2.34. The second-order valence-electron chi connectivity index (χ2n) is 6.78. The molecule has 1 unspecified atom stereocenters. The summed E-state index contributed by atoms with van der Waals surface area (Å²) in [5.41, 5.74) is -2.68. The summed E-state index contributed by atoms with van der Waals surface area (Å²) in [6.07, 6.45) is -8.02. The summed E-state index contributed by atoms with van der Waals surface area (Å²) in [6.45, 7) is 2.72. The molecule has 0 saturated carbocycles. The van der Waals surface area contributed by atoms with Gasteiger partial charge in [0.15, 0.2) is 0 Å². The number of ether oxygens (including phenoxy) is 3. The molecule has 0 fully saturated rings. The molecule has 30 heavy (non-hydrogen) atoms. The van der Waals surface area contributed by atoms with Gasteiger partial charge in [0.2, 0.25) is 17.9 Å². The van der Waals surface area contributed by atoms with Gasteiger partial charge in [0, 0.05) is 6.07 Å². The van der Waals surface area contributed by atoms with Crippen LogP contribution < -0.4 is 4.74 Å². The maximum absolute atomic E-state index is 14.0. The average molecular weight is 440 g/mol. The van der Waals surface area contributed by atoms with E-state index in [4.69, 9.17) is 9.47 Å². The van der Waals surface area contributed by atoms with Crippen LogP contribution in [0.4, 0.5) is 28.0 Å². The maximum atomic E-state index is 14.0. The zero-order valence-corrected chi connectivity index (χ0v) is 16.5. The van der Waals surface area contributed by atoms with Gasteiger partial charge in [-0.25, -0.2) is 22.8 Å². The van der Waals surface area contributed by atoms with E-state index in [1.807, 2.05) is 0 Å². The number of hydrogen-bond donors (Lipinski definition) is 0. The first kappa shape index (κ1) is 24.9. The summed E-state index contributed by atoms with van der Waals surface area (Å²) in [5, 5.41) is 11.1. The lowest BCUT2D eigenvalue weighted by atomic mass is 10.2. The van der Waals surface area contributed by atoms with Crippen molar-refractivity contribution in [1.82, 2.24) is 4.90 Å². The summed E-state index contributed by atoms with van der Waals surface area (Å²) in [4.78, 5) is 33.5. The second-order valence-corrected chi connectivity index (χ2v) is 6.78. The van der Waals surface area contributed by atoms with Gasteiger partial charge < -0.3 is 14.2 Å². The molecule has 1 atom stereocenters. The molecule has 1 aromatic carbocycles. The number of amides is 1. The van der Waals surface area contributed by atoms with Crippen molar-refractivity contribution in [3.8, 4) is 5.75 Å². The lowest BCUT2D eigenvalue weighted by Crippen LogP contribution is -2.46. The molecule has 0 aliphatic carbocycles. The number of methoxy groups -OCH3 is 1.